The molecule has 0 atom stereocenters. The highest BCUT2D eigenvalue weighted by Gasteiger charge is 2.24. The third-order valence-electron chi connectivity index (χ3n) is 3.01. The van der Waals surface area contributed by atoms with Crippen molar-refractivity contribution in [1.82, 2.24) is 0 Å². The normalized spacial score (nSPS) is 10.9. The summed E-state index contributed by atoms with van der Waals surface area (Å²) < 4.78 is 10.6. The van der Waals surface area contributed by atoms with E-state index in [1.165, 1.54) is 12.1 Å². The molecule has 0 aliphatic rings. The Kier molecular flexibility index (Phi) is 6.72. The van der Waals surface area contributed by atoms with E-state index in [1.54, 1.807) is 27.7 Å². The van der Waals surface area contributed by atoms with Gasteiger partial charge in [-0.05, 0) is 40.2 Å². The number of carboxylic acids is 1. The number of nitro benzene ring substituents is 1. The molecule has 9 nitrogen and oxygen atoms in total. The molecule has 0 radical (unpaired) electrons. The molecule has 2 N–H and O–H groups in total. The molecule has 0 aliphatic heterocycles. The van der Waals surface area contributed by atoms with Crippen molar-refractivity contribution in [3.05, 3.63) is 27.8 Å². The molecular weight excluding hydrogens is 332 g/mol. The Morgan fingerprint density at radius 3 is 2.48 bits per heavy atom. The molecule has 138 valence electrons. The first-order chi connectivity index (χ1) is 11.5. The number of hydrogen-bond acceptors (Lipinski definition) is 6. The molecule has 1 rings (SSSR count). The first-order valence-electron chi connectivity index (χ1n) is 7.64. The van der Waals surface area contributed by atoms with Crippen LogP contribution in [0.4, 0.5) is 16.2 Å². The smallest absolute Gasteiger partial charge is 0.412 e. The van der Waals surface area contributed by atoms with Gasteiger partial charge in [0.1, 0.15) is 17.0 Å². The maximum absolute atomic E-state index is 11.9. The lowest BCUT2D eigenvalue weighted by Gasteiger charge is -2.20. The van der Waals surface area contributed by atoms with Gasteiger partial charge in [0.2, 0.25) is 0 Å². The first-order valence-corrected chi connectivity index (χ1v) is 7.64. The molecule has 0 saturated carbocycles. The van der Waals surface area contributed by atoms with E-state index in [4.69, 9.17) is 14.6 Å². The summed E-state index contributed by atoms with van der Waals surface area (Å²) in [7, 11) is 0. The fraction of sp³-hybridized carbons (Fsp3) is 0.500. The van der Waals surface area contributed by atoms with Crippen molar-refractivity contribution in [2.45, 2.75) is 46.1 Å². The largest absolute Gasteiger partial charge is 0.493 e. The van der Waals surface area contributed by atoms with Gasteiger partial charge in [-0.2, -0.15) is 0 Å². The lowest BCUT2D eigenvalue weighted by Crippen LogP contribution is -2.27. The van der Waals surface area contributed by atoms with Crippen molar-refractivity contribution in [3.63, 3.8) is 0 Å². The summed E-state index contributed by atoms with van der Waals surface area (Å²) >= 11 is 0. The number of carbonyl (C=O) groups is 2. The Balaban J connectivity index is 2.99. The van der Waals surface area contributed by atoms with Crippen molar-refractivity contribution < 1.29 is 29.1 Å². The third-order valence-corrected chi connectivity index (χ3v) is 3.01. The minimum absolute atomic E-state index is 0.0185. The van der Waals surface area contributed by atoms with Gasteiger partial charge in [-0.1, -0.05) is 0 Å². The van der Waals surface area contributed by atoms with Crippen LogP contribution in [-0.2, 0) is 9.53 Å². The molecule has 0 aliphatic carbocycles. The van der Waals surface area contributed by atoms with Crippen LogP contribution in [-0.4, -0.2) is 34.3 Å². The van der Waals surface area contributed by atoms with Crippen LogP contribution in [0.15, 0.2) is 12.1 Å². The number of nitro groups is 1. The molecule has 1 aromatic rings. The molecule has 0 spiro atoms. The zero-order valence-corrected chi connectivity index (χ0v) is 14.6. The average Bonchev–Trinajstić information content (AvgIpc) is 2.44. The molecule has 0 unspecified atom stereocenters. The predicted molar refractivity (Wildman–Crippen MR) is 90.1 cm³/mol. The zero-order chi connectivity index (χ0) is 19.2. The number of rotatable bonds is 7. The highest BCUT2D eigenvalue weighted by Crippen LogP contribution is 2.35. The Morgan fingerprint density at radius 1 is 1.32 bits per heavy atom. The Hall–Kier alpha value is -2.84. The van der Waals surface area contributed by atoms with Gasteiger partial charge in [-0.3, -0.25) is 20.2 Å². The average molecular weight is 354 g/mol. The highest BCUT2D eigenvalue weighted by molar-refractivity contribution is 5.90. The van der Waals surface area contributed by atoms with Crippen LogP contribution >= 0.6 is 0 Å². The number of amides is 1. The number of nitrogens with one attached hydrogen (secondary N) is 1. The first kappa shape index (κ1) is 20.2. The SMILES string of the molecule is Cc1c(OCCCC(=O)O)ccc([N+](=O)[O-])c1NC(=O)OC(C)(C)C. The molecule has 1 aromatic carbocycles. The number of carbonyl (C=O) groups excluding carboxylic acids is 1. The van der Waals surface area contributed by atoms with Gasteiger partial charge in [-0.25, -0.2) is 4.79 Å². The van der Waals surface area contributed by atoms with E-state index in [9.17, 15) is 19.7 Å². The van der Waals surface area contributed by atoms with Gasteiger partial charge in [0.05, 0.1) is 11.5 Å². The number of anilines is 1. The predicted octanol–water partition coefficient (Wildman–Crippen LogP) is 3.49. The zero-order valence-electron chi connectivity index (χ0n) is 14.6. The van der Waals surface area contributed by atoms with Crippen LogP contribution < -0.4 is 10.1 Å². The fourth-order valence-corrected chi connectivity index (χ4v) is 1.96. The van der Waals surface area contributed by atoms with Crippen molar-refractivity contribution in [2.24, 2.45) is 0 Å². The van der Waals surface area contributed by atoms with E-state index in [0.29, 0.717) is 17.7 Å². The summed E-state index contributed by atoms with van der Waals surface area (Å²) in [5.41, 5.74) is -0.704. The number of ether oxygens (including phenoxy) is 2. The highest BCUT2D eigenvalue weighted by atomic mass is 16.6. The number of benzene rings is 1. The van der Waals surface area contributed by atoms with E-state index in [2.05, 4.69) is 5.32 Å². The maximum atomic E-state index is 11.9. The number of nitrogens with zero attached hydrogens (tertiary/aromatic N) is 1. The van der Waals surface area contributed by atoms with Gasteiger partial charge in [0.15, 0.2) is 0 Å². The van der Waals surface area contributed by atoms with Crippen molar-refractivity contribution in [3.8, 4) is 5.75 Å². The van der Waals surface area contributed by atoms with Gasteiger partial charge in [0.25, 0.3) is 5.69 Å². The van der Waals surface area contributed by atoms with Gasteiger partial charge < -0.3 is 14.6 Å². The summed E-state index contributed by atoms with van der Waals surface area (Å²) in [6.07, 6.45) is -0.572. The summed E-state index contributed by atoms with van der Waals surface area (Å²) in [4.78, 5) is 33.0. The second-order valence-electron chi connectivity index (χ2n) is 6.31. The minimum atomic E-state index is -0.934. The van der Waals surface area contributed by atoms with E-state index in [1.807, 2.05) is 0 Å². The molecule has 25 heavy (non-hydrogen) atoms. The number of carboxylic acid groups (broad SMARTS) is 1. The molecule has 1 amide bonds. The number of hydrogen-bond donors (Lipinski definition) is 2. The van der Waals surface area contributed by atoms with Crippen LogP contribution in [0.25, 0.3) is 0 Å². The third kappa shape index (κ3) is 6.66. The molecule has 9 heteroatoms. The van der Waals surface area contributed by atoms with Crippen LogP contribution in [0, 0.1) is 17.0 Å². The quantitative estimate of drug-likeness (QED) is 0.435. The topological polar surface area (TPSA) is 128 Å². The van der Waals surface area contributed by atoms with Gasteiger partial charge in [0, 0.05) is 18.1 Å². The second-order valence-corrected chi connectivity index (χ2v) is 6.31. The van der Waals surface area contributed by atoms with Crippen LogP contribution in [0.3, 0.4) is 0 Å². The fourth-order valence-electron chi connectivity index (χ4n) is 1.96. The summed E-state index contributed by atoms with van der Waals surface area (Å²) in [5.74, 6) is -0.613. The van der Waals surface area contributed by atoms with E-state index < -0.39 is 22.6 Å². The Bertz CT molecular complexity index is 665. The standard InChI is InChI=1S/C16H22N2O7/c1-10-12(24-9-5-6-13(19)20)8-7-11(18(22)23)14(10)17-15(21)25-16(2,3)4/h7-8H,5-6,9H2,1-4H3,(H,17,21)(H,19,20). The van der Waals surface area contributed by atoms with E-state index in [0.717, 1.165) is 0 Å². The van der Waals surface area contributed by atoms with Crippen LogP contribution in [0.5, 0.6) is 5.75 Å². The number of aliphatic carboxylic acids is 1. The molecule has 0 saturated heterocycles. The summed E-state index contributed by atoms with van der Waals surface area (Å²) in [5, 5.41) is 22.2. The minimum Gasteiger partial charge on any atom is -0.493 e. The van der Waals surface area contributed by atoms with Crippen LogP contribution in [0.1, 0.15) is 39.2 Å². The monoisotopic (exact) mass is 354 g/mol. The second kappa shape index (κ2) is 8.32. The maximum Gasteiger partial charge on any atom is 0.412 e. The Labute approximate surface area is 145 Å². The lowest BCUT2D eigenvalue weighted by atomic mass is 10.1. The molecule has 0 bridgehead atoms. The molecular formula is C16H22N2O7. The van der Waals surface area contributed by atoms with Gasteiger partial charge in [-0.15, -0.1) is 0 Å². The van der Waals surface area contributed by atoms with Crippen molar-refractivity contribution in [2.75, 3.05) is 11.9 Å². The molecule has 0 heterocycles. The van der Waals surface area contributed by atoms with E-state index in [-0.39, 0.29) is 24.4 Å². The van der Waals surface area contributed by atoms with Crippen molar-refractivity contribution in [1.29, 1.82) is 0 Å². The van der Waals surface area contributed by atoms with Gasteiger partial charge >= 0.3 is 12.1 Å². The lowest BCUT2D eigenvalue weighted by molar-refractivity contribution is -0.384. The van der Waals surface area contributed by atoms with Crippen molar-refractivity contribution >= 4 is 23.4 Å². The summed E-state index contributed by atoms with van der Waals surface area (Å²) in [6.45, 7) is 6.73. The molecule has 0 aromatic heterocycles. The molecule has 0 fully saturated rings. The Morgan fingerprint density at radius 2 is 1.96 bits per heavy atom. The van der Waals surface area contributed by atoms with Crippen LogP contribution in [0.2, 0.25) is 0 Å². The van der Waals surface area contributed by atoms with E-state index >= 15 is 0 Å². The summed E-state index contributed by atoms with van der Waals surface area (Å²) in [6, 6.07) is 2.63.